The van der Waals surface area contributed by atoms with Gasteiger partial charge >= 0.3 is 5.97 Å². The SMILES string of the molecule is CNC(=O)c1ccc(NC(=O)COC(=O)CNC(=O)c2cc(Cl)ccn2)cc1. The maximum Gasteiger partial charge on any atom is 0.325 e. The first-order valence-corrected chi connectivity index (χ1v) is 8.44. The van der Waals surface area contributed by atoms with Crippen LogP contribution in [0.5, 0.6) is 0 Å². The molecule has 146 valence electrons. The van der Waals surface area contributed by atoms with Crippen LogP contribution in [-0.2, 0) is 14.3 Å². The minimum atomic E-state index is -0.791. The van der Waals surface area contributed by atoms with Crippen LogP contribution in [0.15, 0.2) is 42.6 Å². The van der Waals surface area contributed by atoms with Crippen LogP contribution in [0, 0.1) is 0 Å². The molecule has 0 radical (unpaired) electrons. The molecule has 0 saturated carbocycles. The standard InChI is InChI=1S/C18H17ClN4O5/c1-20-17(26)11-2-4-13(5-3-11)23-15(24)10-28-16(25)9-22-18(27)14-8-12(19)6-7-21-14/h2-8H,9-10H2,1H3,(H,20,26)(H,22,27)(H,23,24). The first-order valence-electron chi connectivity index (χ1n) is 8.06. The van der Waals surface area contributed by atoms with Crippen molar-refractivity contribution >= 4 is 41.0 Å². The Labute approximate surface area is 165 Å². The van der Waals surface area contributed by atoms with Crippen molar-refractivity contribution in [3.63, 3.8) is 0 Å². The fourth-order valence-electron chi connectivity index (χ4n) is 2.02. The number of nitrogens with one attached hydrogen (secondary N) is 3. The molecule has 10 heteroatoms. The van der Waals surface area contributed by atoms with E-state index < -0.39 is 30.9 Å². The molecule has 9 nitrogen and oxygen atoms in total. The molecule has 2 rings (SSSR count). The molecule has 0 unspecified atom stereocenters. The summed E-state index contributed by atoms with van der Waals surface area (Å²) < 4.78 is 4.79. The second-order valence-corrected chi connectivity index (χ2v) is 5.84. The lowest BCUT2D eigenvalue weighted by Gasteiger charge is -2.08. The lowest BCUT2D eigenvalue weighted by molar-refractivity contribution is -0.146. The molecular weight excluding hydrogens is 388 g/mol. The summed E-state index contributed by atoms with van der Waals surface area (Å²) in [5, 5.41) is 7.66. The van der Waals surface area contributed by atoms with Gasteiger partial charge in [-0.2, -0.15) is 0 Å². The number of carbonyl (C=O) groups excluding carboxylic acids is 4. The van der Waals surface area contributed by atoms with E-state index in [1.54, 1.807) is 24.3 Å². The number of nitrogens with zero attached hydrogens (tertiary/aromatic N) is 1. The summed E-state index contributed by atoms with van der Waals surface area (Å²) >= 11 is 5.76. The van der Waals surface area contributed by atoms with Crippen molar-refractivity contribution in [3.05, 3.63) is 58.9 Å². The molecule has 0 aliphatic carbocycles. The van der Waals surface area contributed by atoms with E-state index in [4.69, 9.17) is 16.3 Å². The van der Waals surface area contributed by atoms with Gasteiger partial charge in [0.15, 0.2) is 6.61 Å². The number of hydrogen-bond donors (Lipinski definition) is 3. The van der Waals surface area contributed by atoms with Crippen LogP contribution in [0.3, 0.4) is 0 Å². The third-order valence-electron chi connectivity index (χ3n) is 3.37. The average molecular weight is 405 g/mol. The van der Waals surface area contributed by atoms with E-state index >= 15 is 0 Å². The topological polar surface area (TPSA) is 126 Å². The van der Waals surface area contributed by atoms with Crippen LogP contribution in [0.4, 0.5) is 5.69 Å². The zero-order valence-electron chi connectivity index (χ0n) is 14.8. The van der Waals surface area contributed by atoms with Gasteiger partial charge in [0, 0.05) is 29.5 Å². The number of ether oxygens (including phenoxy) is 1. The Morgan fingerprint density at radius 3 is 2.43 bits per heavy atom. The Bertz CT molecular complexity index is 886. The number of aromatic nitrogens is 1. The Morgan fingerprint density at radius 2 is 1.79 bits per heavy atom. The van der Waals surface area contributed by atoms with Gasteiger partial charge in [-0.1, -0.05) is 11.6 Å². The first-order chi connectivity index (χ1) is 13.4. The number of pyridine rings is 1. The zero-order valence-corrected chi connectivity index (χ0v) is 15.6. The minimum absolute atomic E-state index is 0.0539. The molecule has 28 heavy (non-hydrogen) atoms. The summed E-state index contributed by atoms with van der Waals surface area (Å²) in [6.07, 6.45) is 1.36. The van der Waals surface area contributed by atoms with E-state index in [1.165, 1.54) is 25.4 Å². The highest BCUT2D eigenvalue weighted by molar-refractivity contribution is 6.30. The highest BCUT2D eigenvalue weighted by Crippen LogP contribution is 2.09. The Kier molecular flexibility index (Phi) is 7.46. The van der Waals surface area contributed by atoms with Gasteiger partial charge in [0.1, 0.15) is 12.2 Å². The minimum Gasteiger partial charge on any atom is -0.454 e. The summed E-state index contributed by atoms with van der Waals surface area (Å²) in [4.78, 5) is 50.6. The normalized spacial score (nSPS) is 9.93. The molecule has 0 bridgehead atoms. The highest BCUT2D eigenvalue weighted by Gasteiger charge is 2.12. The third-order valence-corrected chi connectivity index (χ3v) is 3.61. The van der Waals surface area contributed by atoms with Crippen LogP contribution < -0.4 is 16.0 Å². The van der Waals surface area contributed by atoms with Crippen LogP contribution in [0.1, 0.15) is 20.8 Å². The number of amides is 3. The molecule has 3 N–H and O–H groups in total. The van der Waals surface area contributed by atoms with Crippen LogP contribution in [0.2, 0.25) is 5.02 Å². The second kappa shape index (κ2) is 10.0. The van der Waals surface area contributed by atoms with Crippen LogP contribution >= 0.6 is 11.6 Å². The molecule has 0 spiro atoms. The predicted octanol–water partition coefficient (Wildman–Crippen LogP) is 1.01. The second-order valence-electron chi connectivity index (χ2n) is 5.41. The van der Waals surface area contributed by atoms with Gasteiger partial charge in [0.05, 0.1) is 0 Å². The van der Waals surface area contributed by atoms with Crippen molar-refractivity contribution in [1.29, 1.82) is 0 Å². The predicted molar refractivity (Wildman–Crippen MR) is 101 cm³/mol. The van der Waals surface area contributed by atoms with Crippen LogP contribution in [0.25, 0.3) is 0 Å². The Balaban J connectivity index is 1.74. The lowest BCUT2D eigenvalue weighted by Crippen LogP contribution is -2.32. The van der Waals surface area contributed by atoms with Crippen LogP contribution in [-0.4, -0.2) is 48.9 Å². The maximum absolute atomic E-state index is 11.8. The van der Waals surface area contributed by atoms with Gasteiger partial charge in [0.25, 0.3) is 17.7 Å². The molecule has 0 aliphatic rings. The first kappa shape index (κ1) is 20.8. The molecule has 0 saturated heterocycles. The van der Waals surface area contributed by atoms with Crippen molar-refractivity contribution in [2.24, 2.45) is 0 Å². The Hall–Kier alpha value is -3.46. The third kappa shape index (κ3) is 6.36. The van der Waals surface area contributed by atoms with Gasteiger partial charge in [-0.15, -0.1) is 0 Å². The van der Waals surface area contributed by atoms with Gasteiger partial charge in [-0.3, -0.25) is 24.2 Å². The summed E-state index contributed by atoms with van der Waals surface area (Å²) in [5.74, 6) is -2.20. The van der Waals surface area contributed by atoms with E-state index in [9.17, 15) is 19.2 Å². The van der Waals surface area contributed by atoms with Crippen molar-refractivity contribution in [2.45, 2.75) is 0 Å². The van der Waals surface area contributed by atoms with Gasteiger partial charge in [0.2, 0.25) is 0 Å². The average Bonchev–Trinajstić information content (AvgIpc) is 2.70. The maximum atomic E-state index is 11.8. The van der Waals surface area contributed by atoms with E-state index in [0.29, 0.717) is 16.3 Å². The summed E-state index contributed by atoms with van der Waals surface area (Å²) in [5.41, 5.74) is 0.934. The Morgan fingerprint density at radius 1 is 1.07 bits per heavy atom. The quantitative estimate of drug-likeness (QED) is 0.591. The number of anilines is 1. The number of halogens is 1. The van der Waals surface area contributed by atoms with Gasteiger partial charge in [-0.05, 0) is 36.4 Å². The molecule has 1 aromatic heterocycles. The van der Waals surface area contributed by atoms with Crippen molar-refractivity contribution < 1.29 is 23.9 Å². The van der Waals surface area contributed by atoms with E-state index in [2.05, 4.69) is 20.9 Å². The summed E-state index contributed by atoms with van der Waals surface area (Å²) in [6, 6.07) is 9.03. The van der Waals surface area contributed by atoms with Crippen molar-refractivity contribution in [2.75, 3.05) is 25.5 Å². The monoisotopic (exact) mass is 404 g/mol. The van der Waals surface area contributed by atoms with Crippen molar-refractivity contribution in [3.8, 4) is 0 Å². The highest BCUT2D eigenvalue weighted by atomic mass is 35.5. The number of esters is 1. The molecule has 0 fully saturated rings. The summed E-state index contributed by atoms with van der Waals surface area (Å²) in [7, 11) is 1.51. The van der Waals surface area contributed by atoms with E-state index in [-0.39, 0.29) is 11.6 Å². The molecule has 0 aliphatic heterocycles. The number of benzene rings is 1. The largest absolute Gasteiger partial charge is 0.454 e. The molecular formula is C18H17ClN4O5. The molecule has 0 atom stereocenters. The number of rotatable bonds is 7. The fraction of sp³-hybridized carbons (Fsp3) is 0.167. The summed E-state index contributed by atoms with van der Waals surface area (Å²) in [6.45, 7) is -0.956. The lowest BCUT2D eigenvalue weighted by atomic mass is 10.2. The number of hydrogen-bond acceptors (Lipinski definition) is 6. The zero-order chi connectivity index (χ0) is 20.5. The fourth-order valence-corrected chi connectivity index (χ4v) is 2.18. The molecule has 3 amide bonds. The number of carbonyl (C=O) groups is 4. The molecule has 1 aromatic carbocycles. The molecule has 1 heterocycles. The van der Waals surface area contributed by atoms with E-state index in [0.717, 1.165) is 0 Å². The van der Waals surface area contributed by atoms with Gasteiger partial charge in [-0.25, -0.2) is 0 Å². The van der Waals surface area contributed by atoms with Crippen molar-refractivity contribution in [1.82, 2.24) is 15.6 Å². The van der Waals surface area contributed by atoms with E-state index in [1.807, 2.05) is 0 Å². The van der Waals surface area contributed by atoms with Gasteiger partial charge < -0.3 is 20.7 Å². The smallest absolute Gasteiger partial charge is 0.325 e. The molecule has 2 aromatic rings.